The Kier molecular flexibility index (Phi) is 7.68. The van der Waals surface area contributed by atoms with Crippen LogP contribution >= 0.6 is 23.1 Å². The Labute approximate surface area is 245 Å². The van der Waals surface area contributed by atoms with Crippen LogP contribution in [0, 0.1) is 11.8 Å². The van der Waals surface area contributed by atoms with Crippen LogP contribution in [0.5, 0.6) is 0 Å². The maximum atomic E-state index is 13.0. The third-order valence-corrected chi connectivity index (χ3v) is 10.2. The van der Waals surface area contributed by atoms with Crippen molar-refractivity contribution in [1.29, 1.82) is 0 Å². The van der Waals surface area contributed by atoms with Crippen molar-refractivity contribution in [3.8, 4) is 0 Å². The molecule has 41 heavy (non-hydrogen) atoms. The van der Waals surface area contributed by atoms with Crippen LogP contribution in [0.2, 0.25) is 0 Å². The zero-order valence-corrected chi connectivity index (χ0v) is 25.1. The molecule has 2 fully saturated rings. The van der Waals surface area contributed by atoms with Gasteiger partial charge >= 0.3 is 12.1 Å². The van der Waals surface area contributed by atoms with Gasteiger partial charge in [0.1, 0.15) is 30.6 Å². The lowest BCUT2D eigenvalue weighted by Crippen LogP contribution is -2.63. The lowest BCUT2D eigenvalue weighted by atomic mass is 9.77. The van der Waals surface area contributed by atoms with Crippen LogP contribution in [0.25, 0.3) is 10.4 Å². The predicted octanol–water partition coefficient (Wildman–Crippen LogP) is 1.69. The Balaban J connectivity index is 1.50. The van der Waals surface area contributed by atoms with Crippen LogP contribution in [0.1, 0.15) is 31.2 Å². The zero-order valence-electron chi connectivity index (χ0n) is 23.5. The molecule has 2 N–H and O–H groups in total. The second kappa shape index (κ2) is 10.8. The highest BCUT2D eigenvalue weighted by Gasteiger charge is 2.60. The van der Waals surface area contributed by atoms with Gasteiger partial charge in [-0.3, -0.25) is 14.5 Å². The number of nitrogens with zero attached hydrogens (tertiary/aromatic N) is 5. The number of thioether (sulfide) groups is 1. The van der Waals surface area contributed by atoms with E-state index < -0.39 is 36.2 Å². The van der Waals surface area contributed by atoms with Crippen LogP contribution < -0.4 is 4.57 Å². The topological polar surface area (TPSA) is 136 Å². The number of amides is 3. The molecule has 5 heterocycles. The molecule has 3 aliphatic rings. The molecule has 0 aromatic carbocycles. The fourth-order valence-corrected chi connectivity index (χ4v) is 8.56. The standard InChI is InChI=1S/C27H33N5O7S2/c1-7-8-39-27(38)30-10-15(9-16(30)22(34)28(4)5)31-12-29-11-17(41-24(29)25(31)40-6)18-13(2)20-19(14(3)33)23(35)32(20)21(18)26(36)37/h7,11-16,19-20,33H,1,8-10H2,2-6H3/p+1/t13-,14+,15-,16-,19+,20+/m0/s1. The number of likely N-dealkylation sites (N-methyl/N-ethyl adjacent to an activating group) is 1. The maximum Gasteiger partial charge on any atom is 0.410 e. The van der Waals surface area contributed by atoms with Gasteiger partial charge in [-0.05, 0) is 13.2 Å². The molecule has 2 aromatic rings. The normalized spacial score (nSPS) is 26.3. The Bertz CT molecular complexity index is 1480. The first kappa shape index (κ1) is 29.1. The van der Waals surface area contributed by atoms with E-state index in [2.05, 4.69) is 11.1 Å². The number of carboxylic acids is 1. The largest absolute Gasteiger partial charge is 0.477 e. The third kappa shape index (κ3) is 4.52. The minimum Gasteiger partial charge on any atom is -0.477 e. The van der Waals surface area contributed by atoms with Gasteiger partial charge in [0.2, 0.25) is 21.7 Å². The lowest BCUT2D eigenvalue weighted by Gasteiger charge is -2.46. The van der Waals surface area contributed by atoms with E-state index in [-0.39, 0.29) is 42.6 Å². The number of aliphatic hydroxyl groups excluding tert-OH is 1. The van der Waals surface area contributed by atoms with Gasteiger partial charge in [-0.1, -0.05) is 42.7 Å². The number of ether oxygens (including phenoxy) is 1. The first-order valence-electron chi connectivity index (χ1n) is 13.3. The van der Waals surface area contributed by atoms with Crippen LogP contribution in [0.15, 0.2) is 35.9 Å². The lowest BCUT2D eigenvalue weighted by molar-refractivity contribution is -0.751. The zero-order chi connectivity index (χ0) is 29.9. The van der Waals surface area contributed by atoms with Gasteiger partial charge in [-0.25, -0.2) is 14.2 Å². The summed E-state index contributed by atoms with van der Waals surface area (Å²) in [4.78, 5) is 56.8. The van der Waals surface area contributed by atoms with Crippen LogP contribution in [0.4, 0.5) is 4.79 Å². The van der Waals surface area contributed by atoms with E-state index >= 15 is 0 Å². The summed E-state index contributed by atoms with van der Waals surface area (Å²) < 4.78 is 9.25. The molecule has 5 rings (SSSR count). The summed E-state index contributed by atoms with van der Waals surface area (Å²) >= 11 is 2.95. The summed E-state index contributed by atoms with van der Waals surface area (Å²) in [5.74, 6) is -2.62. The summed E-state index contributed by atoms with van der Waals surface area (Å²) in [7, 11) is 3.31. The monoisotopic (exact) mass is 604 g/mol. The molecule has 3 aliphatic heterocycles. The molecule has 2 aromatic heterocycles. The third-order valence-electron chi connectivity index (χ3n) is 8.15. The van der Waals surface area contributed by atoms with Crippen molar-refractivity contribution in [1.82, 2.24) is 19.1 Å². The summed E-state index contributed by atoms with van der Waals surface area (Å²) in [6.45, 7) is 7.37. The van der Waals surface area contributed by atoms with Crippen molar-refractivity contribution in [3.63, 3.8) is 0 Å². The first-order chi connectivity index (χ1) is 19.4. The van der Waals surface area contributed by atoms with E-state index in [0.717, 1.165) is 14.7 Å². The molecule has 220 valence electrons. The van der Waals surface area contributed by atoms with Gasteiger partial charge in [0, 0.05) is 32.0 Å². The van der Waals surface area contributed by atoms with Crippen molar-refractivity contribution in [3.05, 3.63) is 35.8 Å². The van der Waals surface area contributed by atoms with Crippen LogP contribution in [-0.4, -0.2) is 105 Å². The number of imidazole rings is 1. The summed E-state index contributed by atoms with van der Waals surface area (Å²) in [6.07, 6.45) is 6.16. The number of carbonyl (C=O) groups excluding carboxylic acids is 3. The molecule has 0 aliphatic carbocycles. The van der Waals surface area contributed by atoms with Gasteiger partial charge in [-0.15, -0.1) is 0 Å². The summed E-state index contributed by atoms with van der Waals surface area (Å²) in [6, 6.07) is -1.26. The fourth-order valence-electron chi connectivity index (χ4n) is 6.34. The maximum absolute atomic E-state index is 13.0. The van der Waals surface area contributed by atoms with Crippen molar-refractivity contribution in [2.45, 2.75) is 49.5 Å². The van der Waals surface area contributed by atoms with E-state index in [1.807, 2.05) is 30.1 Å². The Morgan fingerprint density at radius 2 is 2.07 bits per heavy atom. The van der Waals surface area contributed by atoms with E-state index in [0.29, 0.717) is 12.0 Å². The number of rotatable bonds is 8. The quantitative estimate of drug-likeness (QED) is 0.201. The SMILES string of the molecule is C=CCOC(=O)N1C[C@@H]([n+]2cn3cc(C4=C(C(=O)O)N5C(=O)[C@H]([C@@H](C)O)[C@H]5[C@H]4C)sc3c2SC)C[C@H]1C(=O)N(C)C. The molecule has 0 spiro atoms. The van der Waals surface area contributed by atoms with Gasteiger partial charge in [0.05, 0.1) is 29.5 Å². The van der Waals surface area contributed by atoms with Crippen LogP contribution in [-0.2, 0) is 19.1 Å². The van der Waals surface area contributed by atoms with Gasteiger partial charge in [-0.2, -0.15) is 4.40 Å². The highest BCUT2D eigenvalue weighted by atomic mass is 32.2. The number of hydrogen-bond acceptors (Lipinski definition) is 8. The minimum atomic E-state index is -1.17. The van der Waals surface area contributed by atoms with Crippen molar-refractivity contribution in [2.24, 2.45) is 11.8 Å². The average molecular weight is 605 g/mol. The Hall–Kier alpha value is -3.36. The van der Waals surface area contributed by atoms with Gasteiger partial charge < -0.3 is 24.7 Å². The summed E-state index contributed by atoms with van der Waals surface area (Å²) in [5.41, 5.74) is 0.557. The number of aliphatic carboxylic acids is 1. The average Bonchev–Trinajstić information content (AvgIpc) is 3.65. The smallest absolute Gasteiger partial charge is 0.410 e. The number of hydrogen-bond donors (Lipinski definition) is 2. The molecular formula is C27H34N5O7S2+. The second-order valence-electron chi connectivity index (χ2n) is 10.8. The van der Waals surface area contributed by atoms with Gasteiger partial charge in [0.25, 0.3) is 6.33 Å². The fraction of sp³-hybridized carbons (Fsp3) is 0.519. The predicted molar refractivity (Wildman–Crippen MR) is 151 cm³/mol. The van der Waals surface area contributed by atoms with Crippen molar-refractivity contribution in [2.75, 3.05) is 33.5 Å². The number of likely N-dealkylation sites (tertiary alicyclic amines) is 1. The molecule has 14 heteroatoms. The molecule has 0 saturated carbocycles. The number of aliphatic hydroxyl groups is 1. The number of thiazole rings is 1. The van der Waals surface area contributed by atoms with E-state index in [1.54, 1.807) is 21.0 Å². The first-order valence-corrected chi connectivity index (χ1v) is 15.3. The number of aromatic nitrogens is 2. The van der Waals surface area contributed by atoms with Crippen molar-refractivity contribution < 1.29 is 38.7 Å². The van der Waals surface area contributed by atoms with E-state index in [9.17, 15) is 29.4 Å². The van der Waals surface area contributed by atoms with Crippen LogP contribution in [0.3, 0.4) is 0 Å². The van der Waals surface area contributed by atoms with E-state index in [1.165, 1.54) is 43.9 Å². The Morgan fingerprint density at radius 3 is 2.66 bits per heavy atom. The highest BCUT2D eigenvalue weighted by Crippen LogP contribution is 2.51. The molecule has 0 unspecified atom stereocenters. The summed E-state index contributed by atoms with van der Waals surface area (Å²) in [5, 5.41) is 21.2. The number of fused-ring (bicyclic) bond motifs is 2. The molecule has 0 radical (unpaired) electrons. The van der Waals surface area contributed by atoms with Crippen molar-refractivity contribution >= 4 is 57.4 Å². The second-order valence-corrected chi connectivity index (χ2v) is 12.6. The minimum absolute atomic E-state index is 0.0259. The van der Waals surface area contributed by atoms with E-state index in [4.69, 9.17) is 4.74 Å². The number of β-lactam (4-membered cyclic amide) rings is 1. The molecule has 12 nitrogen and oxygen atoms in total. The molecule has 3 amide bonds. The molecule has 6 atom stereocenters. The molecule has 2 saturated heterocycles. The molecule has 0 bridgehead atoms. The highest BCUT2D eigenvalue weighted by molar-refractivity contribution is 7.98. The van der Waals surface area contributed by atoms with Gasteiger partial charge in [0.15, 0.2) is 0 Å². The Morgan fingerprint density at radius 1 is 1.37 bits per heavy atom. The number of carboxylic acid groups (broad SMARTS) is 1. The molecular weight excluding hydrogens is 570 g/mol. The number of carbonyl (C=O) groups is 4.